The van der Waals surface area contributed by atoms with E-state index >= 15 is 4.79 Å². The molecule has 0 aromatic carbocycles. The van der Waals surface area contributed by atoms with E-state index in [0.717, 1.165) is 5.57 Å². The van der Waals surface area contributed by atoms with Crippen LogP contribution < -0.4 is 11.1 Å². The van der Waals surface area contributed by atoms with Crippen LogP contribution in [0.2, 0.25) is 0 Å². The fourth-order valence-electron chi connectivity index (χ4n) is 17.0. The van der Waals surface area contributed by atoms with Gasteiger partial charge < -0.3 is 93.1 Å². The van der Waals surface area contributed by atoms with Gasteiger partial charge in [0.05, 0.1) is 86.2 Å². The number of aliphatic hydroxyl groups excluding tert-OH is 4. The van der Waals surface area contributed by atoms with Crippen molar-refractivity contribution in [1.29, 1.82) is 0 Å². The van der Waals surface area contributed by atoms with Crippen LogP contribution in [0, 0.1) is 40.9 Å². The Bertz CT molecular complexity index is 2980. The Hall–Kier alpha value is -4.77. The third-order valence-corrected chi connectivity index (χ3v) is 21.7. The second-order valence-corrected chi connectivity index (χ2v) is 28.9. The number of Topliss-reactive ketones (excluding diaryl/α,β-unsaturated/α-hetero) is 1. The maximum absolute atomic E-state index is 15.8. The molecule has 10 aliphatic rings. The second-order valence-electron chi connectivity index (χ2n) is 28.9. The highest BCUT2D eigenvalue weighted by atomic mass is 16.8. The Morgan fingerprint density at radius 1 is 0.691 bits per heavy atom. The molecule has 10 rings (SSSR count). The summed E-state index contributed by atoms with van der Waals surface area (Å²) in [5, 5.41) is 49.8. The predicted molar refractivity (Wildman–Crippen MR) is 336 cm³/mol. The maximum atomic E-state index is 15.8. The lowest BCUT2D eigenvalue weighted by molar-refractivity contribution is -0.331. The van der Waals surface area contributed by atoms with E-state index in [2.05, 4.69) is 25.2 Å². The van der Waals surface area contributed by atoms with Crippen molar-refractivity contribution in [2.45, 2.75) is 288 Å². The second kappa shape index (κ2) is 29.0. The van der Waals surface area contributed by atoms with Crippen LogP contribution in [0.1, 0.15) is 154 Å². The molecule has 0 radical (unpaired) electrons. The van der Waals surface area contributed by atoms with E-state index in [1.807, 2.05) is 46.8 Å². The molecule has 0 aromatic rings. The number of esters is 2. The zero-order valence-corrected chi connectivity index (χ0v) is 56.8. The van der Waals surface area contributed by atoms with Crippen LogP contribution in [0.4, 0.5) is 4.79 Å². The lowest BCUT2D eigenvalue weighted by Crippen LogP contribution is -2.66. The molecule has 24 heteroatoms. The maximum Gasteiger partial charge on any atom is 0.407 e. The summed E-state index contributed by atoms with van der Waals surface area (Å²) in [6.07, 6.45) is 1.12. The van der Waals surface area contributed by atoms with Gasteiger partial charge in [-0.2, -0.15) is 0 Å². The molecule has 94 heavy (non-hydrogen) atoms. The summed E-state index contributed by atoms with van der Waals surface area (Å²) in [5.41, 5.74) is 3.67. The lowest BCUT2D eigenvalue weighted by Gasteiger charge is -2.56. The highest BCUT2D eigenvalue weighted by molar-refractivity contribution is 6.26. The molecule has 24 nitrogen and oxygen atoms in total. The molecule has 524 valence electrons. The molecular formula is C70H102N2O22. The largest absolute Gasteiger partial charge is 0.511 e. The summed E-state index contributed by atoms with van der Waals surface area (Å²) in [6, 6.07) is -0.638. The molecule has 7 fully saturated rings. The molecule has 6 heterocycles. The van der Waals surface area contributed by atoms with E-state index in [0.29, 0.717) is 43.3 Å². The molecular weight excluding hydrogens is 1220 g/mol. The predicted octanol–water partition coefficient (Wildman–Crippen LogP) is 6.99. The van der Waals surface area contributed by atoms with Gasteiger partial charge in [-0.1, -0.05) is 62.8 Å². The number of carbonyl (C=O) groups is 5. The molecule has 0 unspecified atom stereocenters. The standard InChI is InChI=1S/C70H102N2O22/c1-32-15-21-50(89-57-31-68(12,71)63(41(10)87-57)72-67(81)82-14)33(2)26-46-48(76)27-43(17-16-36(5)73)30-70(46)65(79)58(66(80)94-70)64(78)69(13)45(32)19-18-44-59(69)34(3)25-35(4)60(44)93-56-29-52(62(40(9)86-56)88-42(11)74)91-53-24-22-51(38(7)84-53)90-55-28-49(77)61(39(8)85-55)92-54-23-20-47(75)37(6)83-54/h15-19,26-27,34-35,37-41,44-57,59-63,75-78H,20-25,28-31,71H2,1-14H3,(H,72,81)/b17-16+,32-15-,33-26-,64-58-/t34-,35-,37-,38-,39-,40-,41+,44-,45-,46+,47+,48-,49+,50-,51+,52+,53-,54-,55+,56-,57-,59+,60-,61-,62-,63-,68-,69+,70-/m0/s1. The number of allylic oxidation sites excluding steroid dienone is 5. The first-order valence-corrected chi connectivity index (χ1v) is 33.9. The smallest absolute Gasteiger partial charge is 0.407 e. The minimum absolute atomic E-state index is 0.0933. The first-order valence-electron chi connectivity index (χ1n) is 33.9. The van der Waals surface area contributed by atoms with Crippen molar-refractivity contribution in [1.82, 2.24) is 5.32 Å². The number of nitrogens with one attached hydrogen (secondary N) is 1. The number of carbonyl (C=O) groups excluding carboxylic acids is 5. The highest BCUT2D eigenvalue weighted by Crippen LogP contribution is 2.61. The van der Waals surface area contributed by atoms with Crippen LogP contribution in [0.5, 0.6) is 0 Å². The molecule has 29 atom stereocenters. The van der Waals surface area contributed by atoms with E-state index < -0.39 is 198 Å². The van der Waals surface area contributed by atoms with Crippen LogP contribution in [-0.2, 0) is 80.8 Å². The third kappa shape index (κ3) is 14.8. The summed E-state index contributed by atoms with van der Waals surface area (Å²) in [6.45, 7) is 23.4. The Kier molecular flexibility index (Phi) is 22.2. The third-order valence-electron chi connectivity index (χ3n) is 21.7. The Balaban J connectivity index is 0.911. The molecule has 1 saturated carbocycles. The van der Waals surface area contributed by atoms with Crippen LogP contribution in [0.3, 0.4) is 0 Å². The van der Waals surface area contributed by atoms with Crippen LogP contribution in [0.25, 0.3) is 0 Å². The number of fused-ring (bicyclic) bond motifs is 4. The zero-order chi connectivity index (χ0) is 68.2. The molecule has 1 amide bonds. The summed E-state index contributed by atoms with van der Waals surface area (Å²) in [5.74, 6) is -6.08. The van der Waals surface area contributed by atoms with Crippen LogP contribution >= 0.6 is 0 Å². The molecule has 0 aromatic heterocycles. The molecule has 2 bridgehead atoms. The lowest BCUT2D eigenvalue weighted by atomic mass is 9.49. The van der Waals surface area contributed by atoms with Gasteiger partial charge in [0.15, 0.2) is 48.9 Å². The normalized spacial score (nSPS) is 47.9. The van der Waals surface area contributed by atoms with Gasteiger partial charge in [0.1, 0.15) is 23.5 Å². The number of hydrogen-bond acceptors (Lipinski definition) is 23. The number of nitrogens with two attached hydrogens (primary N) is 1. The van der Waals surface area contributed by atoms with Crippen LogP contribution in [0.15, 0.2) is 70.6 Å². The number of aliphatic hydroxyl groups is 4. The minimum atomic E-state index is -2.07. The van der Waals surface area contributed by atoms with E-state index in [4.69, 9.17) is 67.3 Å². The van der Waals surface area contributed by atoms with Crippen molar-refractivity contribution in [3.63, 3.8) is 0 Å². The van der Waals surface area contributed by atoms with Crippen molar-refractivity contribution < 1.29 is 106 Å². The summed E-state index contributed by atoms with van der Waals surface area (Å²) < 4.78 is 82.3. The number of methoxy groups -OCH3 is 1. The van der Waals surface area contributed by atoms with E-state index in [1.54, 1.807) is 33.8 Å². The Morgan fingerprint density at radius 3 is 1.99 bits per heavy atom. The average Bonchev–Trinajstić information content (AvgIpc) is 1.31. The molecule has 6 aliphatic heterocycles. The number of amides is 1. The van der Waals surface area contributed by atoms with Gasteiger partial charge in [-0.15, -0.1) is 0 Å². The molecule has 4 aliphatic carbocycles. The molecule has 6 saturated heterocycles. The van der Waals surface area contributed by atoms with Crippen molar-refractivity contribution in [3.05, 3.63) is 70.6 Å². The van der Waals surface area contributed by atoms with Crippen molar-refractivity contribution in [2.75, 3.05) is 7.11 Å². The number of hydrogen-bond donors (Lipinski definition) is 6. The first kappa shape index (κ1) is 72.0. The quantitative estimate of drug-likeness (QED) is 0.0335. The van der Waals surface area contributed by atoms with E-state index in [-0.39, 0.29) is 49.7 Å². The van der Waals surface area contributed by atoms with Gasteiger partial charge >= 0.3 is 18.0 Å². The fraction of sp³-hybridized carbons (Fsp3) is 0.757. The van der Waals surface area contributed by atoms with Gasteiger partial charge in [-0.25, -0.2) is 9.59 Å². The fourth-order valence-corrected chi connectivity index (χ4v) is 17.0. The summed E-state index contributed by atoms with van der Waals surface area (Å²) in [4.78, 5) is 68.2. The highest BCUT2D eigenvalue weighted by Gasteiger charge is 2.65. The Morgan fingerprint density at radius 2 is 1.33 bits per heavy atom. The number of rotatable bonds is 14. The zero-order valence-electron chi connectivity index (χ0n) is 56.8. The van der Waals surface area contributed by atoms with Crippen LogP contribution in [-0.4, -0.2) is 191 Å². The van der Waals surface area contributed by atoms with Crippen molar-refractivity contribution in [3.8, 4) is 0 Å². The first-order chi connectivity index (χ1) is 44.3. The Labute approximate surface area is 551 Å². The summed E-state index contributed by atoms with van der Waals surface area (Å²) in [7, 11) is 1.27. The van der Waals surface area contributed by atoms with Gasteiger partial charge in [-0.05, 0) is 123 Å². The average molecular weight is 1320 g/mol. The van der Waals surface area contributed by atoms with Gasteiger partial charge in [0.2, 0.25) is 5.78 Å². The molecule has 1 spiro atoms. The van der Waals surface area contributed by atoms with E-state index in [9.17, 15) is 39.6 Å². The number of alkyl carbamates (subject to hydrolysis) is 1. The topological polar surface area (TPSA) is 324 Å². The SMILES string of the molecule is COC(=O)N[C@H]1[C@@H](C)O[C@@H](O[C@H]2C/C=C(/C)[C@@H]3C=C[C@@H]4[C@@H](O[C@H]5C[C@@H](O[C@H]6CC[C@@H](O[C@@H]7C[C@@H](O)[C@@H](O[C@H]8CC[C@@H](O)[C@H](C)O8)[C@H](C)O7)[C@H](C)O6)[C@@H](OC(C)=O)[C@H](C)O5)[C@@H](C)C[C@H](C)[C@H]4[C@]3(C)/C(O)=C3/C(=O)O[C@]4(CC(/C=C/C(C)=O)=C[C@H](O)[C@H]4/C=C\2C)C3=O)C[C@]1(C)N. The summed E-state index contributed by atoms with van der Waals surface area (Å²) >= 11 is 0. The van der Waals surface area contributed by atoms with Crippen molar-refractivity contribution in [2.24, 2.45) is 46.7 Å². The van der Waals surface area contributed by atoms with Gasteiger partial charge in [0, 0.05) is 68.2 Å². The number of ether oxygens (including phenoxy) is 13. The minimum Gasteiger partial charge on any atom is -0.511 e. The number of ketones is 2. The molecule has 7 N–H and O–H groups in total. The van der Waals surface area contributed by atoms with Gasteiger partial charge in [-0.3, -0.25) is 14.4 Å². The van der Waals surface area contributed by atoms with Crippen molar-refractivity contribution >= 4 is 29.6 Å². The van der Waals surface area contributed by atoms with E-state index in [1.165, 1.54) is 39.2 Å². The van der Waals surface area contributed by atoms with Gasteiger partial charge in [0.25, 0.3) is 0 Å². The monoisotopic (exact) mass is 1320 g/mol.